The number of H-pyrrole nitrogens is 1. The van der Waals surface area contributed by atoms with Crippen molar-refractivity contribution in [1.82, 2.24) is 9.55 Å². The molecule has 2 heterocycles. The quantitative estimate of drug-likeness (QED) is 0.699. The number of aromatic amines is 1. The normalized spacial score (nSPS) is 14.8. The number of thiophene rings is 1. The zero-order valence-electron chi connectivity index (χ0n) is 10.6. The Hall–Kier alpha value is -1.72. The molecule has 4 rings (SSSR count). The molecular formula is C15H12N2OS2. The number of rotatable bonds is 1. The van der Waals surface area contributed by atoms with Crippen LogP contribution in [-0.4, -0.2) is 9.55 Å². The Morgan fingerprint density at radius 3 is 2.60 bits per heavy atom. The highest BCUT2D eigenvalue weighted by molar-refractivity contribution is 7.71. The first-order valence-corrected chi connectivity index (χ1v) is 7.81. The fourth-order valence-corrected chi connectivity index (χ4v) is 4.18. The standard InChI is InChI=1S/C15H12N2OS2/c18-14-12-5-6-20-13(12)16-15(19)17(14)11-7-9-3-1-2-4-10(9)8-11/h1-6,11H,7-8H2,(H,16,19). The summed E-state index contributed by atoms with van der Waals surface area (Å²) in [6.45, 7) is 0. The first kappa shape index (κ1) is 12.1. The number of hydrogen-bond acceptors (Lipinski definition) is 3. The summed E-state index contributed by atoms with van der Waals surface area (Å²) < 4.78 is 2.28. The van der Waals surface area contributed by atoms with E-state index in [1.807, 2.05) is 23.6 Å². The van der Waals surface area contributed by atoms with Gasteiger partial charge < -0.3 is 4.98 Å². The van der Waals surface area contributed by atoms with Crippen molar-refractivity contribution in [2.45, 2.75) is 18.9 Å². The molecule has 0 atom stereocenters. The maximum Gasteiger partial charge on any atom is 0.263 e. The summed E-state index contributed by atoms with van der Waals surface area (Å²) in [5.74, 6) is 0. The third-order valence-corrected chi connectivity index (χ3v) is 5.08. The van der Waals surface area contributed by atoms with Crippen LogP contribution in [0.25, 0.3) is 10.2 Å². The third kappa shape index (κ3) is 1.70. The summed E-state index contributed by atoms with van der Waals surface area (Å²) >= 11 is 6.91. The molecule has 0 saturated heterocycles. The van der Waals surface area contributed by atoms with Crippen molar-refractivity contribution in [3.05, 3.63) is 62.0 Å². The van der Waals surface area contributed by atoms with Crippen molar-refractivity contribution in [1.29, 1.82) is 0 Å². The fraction of sp³-hybridized carbons (Fsp3) is 0.200. The van der Waals surface area contributed by atoms with E-state index in [4.69, 9.17) is 12.2 Å². The lowest BCUT2D eigenvalue weighted by Gasteiger charge is -2.13. The first-order valence-electron chi connectivity index (χ1n) is 6.53. The fourth-order valence-electron chi connectivity index (χ4n) is 3.00. The maximum absolute atomic E-state index is 12.6. The molecule has 0 spiro atoms. The second kappa shape index (κ2) is 4.40. The van der Waals surface area contributed by atoms with E-state index in [1.54, 1.807) is 4.57 Å². The van der Waals surface area contributed by atoms with Crippen LogP contribution < -0.4 is 5.56 Å². The molecule has 1 aromatic carbocycles. The SMILES string of the molecule is O=c1c2ccsc2[nH]c(=S)n1C1Cc2ccccc2C1. The Morgan fingerprint density at radius 1 is 1.20 bits per heavy atom. The van der Waals surface area contributed by atoms with E-state index in [9.17, 15) is 4.79 Å². The molecule has 0 amide bonds. The van der Waals surface area contributed by atoms with E-state index in [1.165, 1.54) is 22.5 Å². The number of hydrogen-bond donors (Lipinski definition) is 1. The smallest absolute Gasteiger partial charge is 0.263 e. The molecule has 1 aliphatic rings. The number of aromatic nitrogens is 2. The second-order valence-electron chi connectivity index (χ2n) is 5.10. The van der Waals surface area contributed by atoms with Gasteiger partial charge in [0.25, 0.3) is 5.56 Å². The van der Waals surface area contributed by atoms with Crippen LogP contribution in [0.3, 0.4) is 0 Å². The Kier molecular flexibility index (Phi) is 2.65. The Morgan fingerprint density at radius 2 is 1.90 bits per heavy atom. The van der Waals surface area contributed by atoms with Crippen molar-refractivity contribution in [2.24, 2.45) is 0 Å². The van der Waals surface area contributed by atoms with Gasteiger partial charge in [0.15, 0.2) is 4.77 Å². The largest absolute Gasteiger partial charge is 0.323 e. The molecule has 20 heavy (non-hydrogen) atoms. The van der Waals surface area contributed by atoms with Crippen molar-refractivity contribution < 1.29 is 0 Å². The van der Waals surface area contributed by atoms with Gasteiger partial charge in [0.05, 0.1) is 5.39 Å². The molecule has 1 N–H and O–H groups in total. The highest BCUT2D eigenvalue weighted by Gasteiger charge is 2.24. The van der Waals surface area contributed by atoms with Gasteiger partial charge in [-0.1, -0.05) is 24.3 Å². The Balaban J connectivity index is 1.89. The summed E-state index contributed by atoms with van der Waals surface area (Å²) in [7, 11) is 0. The van der Waals surface area contributed by atoms with Crippen LogP contribution in [0.4, 0.5) is 0 Å². The monoisotopic (exact) mass is 300 g/mol. The average molecular weight is 300 g/mol. The Labute approximate surface area is 124 Å². The van der Waals surface area contributed by atoms with Gasteiger partial charge in [-0.2, -0.15) is 0 Å². The van der Waals surface area contributed by atoms with Crippen LogP contribution in [0.15, 0.2) is 40.5 Å². The number of fused-ring (bicyclic) bond motifs is 2. The molecule has 0 saturated carbocycles. The lowest BCUT2D eigenvalue weighted by molar-refractivity contribution is 0.502. The highest BCUT2D eigenvalue weighted by atomic mass is 32.1. The molecule has 0 radical (unpaired) electrons. The predicted molar refractivity (Wildman–Crippen MR) is 84.2 cm³/mol. The van der Waals surface area contributed by atoms with E-state index in [0.717, 1.165) is 23.1 Å². The van der Waals surface area contributed by atoms with Crippen LogP contribution in [0.1, 0.15) is 17.2 Å². The van der Waals surface area contributed by atoms with Crippen LogP contribution in [0, 0.1) is 4.77 Å². The van der Waals surface area contributed by atoms with Crippen LogP contribution >= 0.6 is 23.6 Å². The molecule has 3 nitrogen and oxygen atoms in total. The van der Waals surface area contributed by atoms with Crippen LogP contribution in [0.2, 0.25) is 0 Å². The topological polar surface area (TPSA) is 37.8 Å². The van der Waals surface area contributed by atoms with Gasteiger partial charge in [0.2, 0.25) is 0 Å². The van der Waals surface area contributed by atoms with Crippen molar-refractivity contribution >= 4 is 33.8 Å². The van der Waals surface area contributed by atoms with Crippen molar-refractivity contribution in [3.8, 4) is 0 Å². The maximum atomic E-state index is 12.6. The summed E-state index contributed by atoms with van der Waals surface area (Å²) in [5, 5.41) is 2.66. The van der Waals surface area contributed by atoms with Gasteiger partial charge in [-0.05, 0) is 47.6 Å². The van der Waals surface area contributed by atoms with Crippen molar-refractivity contribution in [3.63, 3.8) is 0 Å². The minimum absolute atomic E-state index is 0.0304. The molecule has 0 bridgehead atoms. The van der Waals surface area contributed by atoms with E-state index < -0.39 is 0 Å². The molecule has 1 aliphatic carbocycles. The predicted octanol–water partition coefficient (Wildman–Crippen LogP) is 3.46. The molecule has 100 valence electrons. The summed E-state index contributed by atoms with van der Waals surface area (Å²) in [6, 6.07) is 10.4. The summed E-state index contributed by atoms with van der Waals surface area (Å²) in [4.78, 5) is 16.7. The zero-order valence-corrected chi connectivity index (χ0v) is 12.3. The molecular weight excluding hydrogens is 288 g/mol. The number of nitrogens with zero attached hydrogens (tertiary/aromatic N) is 1. The van der Waals surface area contributed by atoms with E-state index in [-0.39, 0.29) is 11.6 Å². The second-order valence-corrected chi connectivity index (χ2v) is 6.40. The minimum Gasteiger partial charge on any atom is -0.323 e. The van der Waals surface area contributed by atoms with Gasteiger partial charge >= 0.3 is 0 Å². The number of benzene rings is 1. The lowest BCUT2D eigenvalue weighted by atomic mass is 10.1. The lowest BCUT2D eigenvalue weighted by Crippen LogP contribution is -2.26. The molecule has 2 aromatic heterocycles. The zero-order chi connectivity index (χ0) is 13.7. The summed E-state index contributed by atoms with van der Waals surface area (Å²) in [5.41, 5.74) is 2.68. The van der Waals surface area contributed by atoms with E-state index >= 15 is 0 Å². The van der Waals surface area contributed by atoms with Gasteiger partial charge in [0, 0.05) is 6.04 Å². The molecule has 5 heteroatoms. The third-order valence-electron chi connectivity index (χ3n) is 3.95. The van der Waals surface area contributed by atoms with Gasteiger partial charge in [0.1, 0.15) is 4.83 Å². The van der Waals surface area contributed by atoms with Gasteiger partial charge in [-0.15, -0.1) is 11.3 Å². The average Bonchev–Trinajstić information content (AvgIpc) is 3.04. The molecule has 3 aromatic rings. The first-order chi connectivity index (χ1) is 9.74. The number of nitrogens with one attached hydrogen (secondary N) is 1. The van der Waals surface area contributed by atoms with E-state index in [2.05, 4.69) is 17.1 Å². The van der Waals surface area contributed by atoms with Crippen LogP contribution in [0.5, 0.6) is 0 Å². The summed E-state index contributed by atoms with van der Waals surface area (Å²) in [6.07, 6.45) is 1.76. The van der Waals surface area contributed by atoms with Gasteiger partial charge in [-0.25, -0.2) is 0 Å². The molecule has 0 fully saturated rings. The van der Waals surface area contributed by atoms with Gasteiger partial charge in [-0.3, -0.25) is 9.36 Å². The van der Waals surface area contributed by atoms with E-state index in [0.29, 0.717) is 4.77 Å². The molecule has 0 unspecified atom stereocenters. The Bertz CT molecular complexity index is 894. The molecule has 0 aliphatic heterocycles. The van der Waals surface area contributed by atoms with Crippen molar-refractivity contribution in [2.75, 3.05) is 0 Å². The van der Waals surface area contributed by atoms with Crippen LogP contribution in [-0.2, 0) is 12.8 Å². The highest BCUT2D eigenvalue weighted by Crippen LogP contribution is 2.29. The minimum atomic E-state index is 0.0304.